The van der Waals surface area contributed by atoms with E-state index in [9.17, 15) is 9.90 Å². The van der Waals surface area contributed by atoms with Crippen LogP contribution in [0.25, 0.3) is 0 Å². The third kappa shape index (κ3) is 2.61. The zero-order valence-electron chi connectivity index (χ0n) is 8.41. The Kier molecular flexibility index (Phi) is 3.24. The van der Waals surface area contributed by atoms with Gasteiger partial charge < -0.3 is 10.0 Å². The van der Waals surface area contributed by atoms with Gasteiger partial charge in [0.05, 0.1) is 0 Å². The van der Waals surface area contributed by atoms with E-state index in [-0.39, 0.29) is 5.91 Å². The fraction of sp³-hybridized carbons (Fsp3) is 0.889. The van der Waals surface area contributed by atoms with Crippen LogP contribution in [-0.4, -0.2) is 46.1 Å². The molecule has 1 aliphatic rings. The number of aliphatic hydroxyl groups is 1. The highest BCUT2D eigenvalue weighted by Gasteiger charge is 2.33. The van der Waals surface area contributed by atoms with E-state index in [0.29, 0.717) is 5.25 Å². The van der Waals surface area contributed by atoms with E-state index in [0.717, 1.165) is 19.5 Å². The van der Waals surface area contributed by atoms with E-state index in [1.54, 1.807) is 30.5 Å². The molecular formula is C9H17NO2S. The fourth-order valence-corrected chi connectivity index (χ4v) is 2.16. The van der Waals surface area contributed by atoms with Gasteiger partial charge in [0.1, 0.15) is 5.60 Å². The molecule has 0 aliphatic carbocycles. The number of hydrogen-bond donors (Lipinski definition) is 1. The van der Waals surface area contributed by atoms with Crippen molar-refractivity contribution < 1.29 is 9.90 Å². The van der Waals surface area contributed by atoms with Gasteiger partial charge in [0.15, 0.2) is 0 Å². The van der Waals surface area contributed by atoms with Gasteiger partial charge in [0.25, 0.3) is 5.91 Å². The SMILES string of the molecule is CSC1CCN(C(=O)C(C)(C)O)C1. The molecule has 4 heteroatoms. The first-order valence-electron chi connectivity index (χ1n) is 4.49. The minimum Gasteiger partial charge on any atom is -0.381 e. The van der Waals surface area contributed by atoms with Crippen molar-refractivity contribution >= 4 is 17.7 Å². The monoisotopic (exact) mass is 203 g/mol. The van der Waals surface area contributed by atoms with Gasteiger partial charge in [-0.2, -0.15) is 11.8 Å². The number of carbonyl (C=O) groups is 1. The molecule has 1 N–H and O–H groups in total. The van der Waals surface area contributed by atoms with E-state index in [2.05, 4.69) is 6.26 Å². The molecule has 0 bridgehead atoms. The smallest absolute Gasteiger partial charge is 0.253 e. The Morgan fingerprint density at radius 1 is 1.62 bits per heavy atom. The lowest BCUT2D eigenvalue weighted by Crippen LogP contribution is -2.44. The van der Waals surface area contributed by atoms with Gasteiger partial charge in [-0.05, 0) is 26.5 Å². The molecule has 1 fully saturated rings. The second kappa shape index (κ2) is 3.88. The third-order valence-corrected chi connectivity index (χ3v) is 3.34. The van der Waals surface area contributed by atoms with Gasteiger partial charge in [-0.1, -0.05) is 0 Å². The van der Waals surface area contributed by atoms with Crippen molar-refractivity contribution in [3.05, 3.63) is 0 Å². The molecule has 1 saturated heterocycles. The molecule has 1 rings (SSSR count). The van der Waals surface area contributed by atoms with E-state index in [1.807, 2.05) is 0 Å². The minimum atomic E-state index is -1.21. The molecule has 1 aliphatic heterocycles. The van der Waals surface area contributed by atoms with Crippen molar-refractivity contribution in [3.8, 4) is 0 Å². The van der Waals surface area contributed by atoms with Crippen molar-refractivity contribution in [1.29, 1.82) is 0 Å². The van der Waals surface area contributed by atoms with Gasteiger partial charge in [-0.3, -0.25) is 4.79 Å². The normalized spacial score (nSPS) is 23.7. The summed E-state index contributed by atoms with van der Waals surface area (Å²) in [5, 5.41) is 10.1. The van der Waals surface area contributed by atoms with Crippen molar-refractivity contribution in [2.45, 2.75) is 31.1 Å². The molecule has 76 valence electrons. The third-order valence-electron chi connectivity index (χ3n) is 2.29. The number of amides is 1. The molecule has 0 radical (unpaired) electrons. The van der Waals surface area contributed by atoms with Crippen LogP contribution in [0, 0.1) is 0 Å². The van der Waals surface area contributed by atoms with Crippen LogP contribution in [0.1, 0.15) is 20.3 Å². The minimum absolute atomic E-state index is 0.149. The van der Waals surface area contributed by atoms with Gasteiger partial charge >= 0.3 is 0 Å². The van der Waals surface area contributed by atoms with E-state index in [1.165, 1.54) is 0 Å². The Morgan fingerprint density at radius 3 is 2.62 bits per heavy atom. The Hall–Kier alpha value is -0.220. The Labute approximate surface area is 83.5 Å². The summed E-state index contributed by atoms with van der Waals surface area (Å²) in [5.74, 6) is -0.149. The molecule has 1 unspecified atom stereocenters. The molecule has 1 heterocycles. The molecule has 0 spiro atoms. The highest BCUT2D eigenvalue weighted by molar-refractivity contribution is 7.99. The van der Waals surface area contributed by atoms with Crippen molar-refractivity contribution in [2.75, 3.05) is 19.3 Å². The molecule has 1 atom stereocenters. The van der Waals surface area contributed by atoms with Crippen molar-refractivity contribution in [2.24, 2.45) is 0 Å². The first-order chi connectivity index (χ1) is 5.95. The summed E-state index contributed by atoms with van der Waals surface area (Å²) in [6.45, 7) is 4.65. The summed E-state index contributed by atoms with van der Waals surface area (Å²) >= 11 is 1.79. The Morgan fingerprint density at radius 2 is 2.23 bits per heavy atom. The van der Waals surface area contributed by atoms with E-state index >= 15 is 0 Å². The zero-order chi connectivity index (χ0) is 10.1. The summed E-state index contributed by atoms with van der Waals surface area (Å²) in [6.07, 6.45) is 3.10. The first kappa shape index (κ1) is 10.9. The second-order valence-corrected chi connectivity index (χ2v) is 5.09. The molecule has 3 nitrogen and oxygen atoms in total. The lowest BCUT2D eigenvalue weighted by Gasteiger charge is -2.24. The van der Waals surface area contributed by atoms with E-state index < -0.39 is 5.60 Å². The topological polar surface area (TPSA) is 40.5 Å². The van der Waals surface area contributed by atoms with Crippen LogP contribution in [0.15, 0.2) is 0 Å². The highest BCUT2D eigenvalue weighted by Crippen LogP contribution is 2.22. The molecule has 0 aromatic heterocycles. The molecule has 13 heavy (non-hydrogen) atoms. The van der Waals surface area contributed by atoms with Crippen LogP contribution in [0.2, 0.25) is 0 Å². The maximum atomic E-state index is 11.6. The number of hydrogen-bond acceptors (Lipinski definition) is 3. The summed E-state index contributed by atoms with van der Waals surface area (Å²) < 4.78 is 0. The predicted molar refractivity (Wildman–Crippen MR) is 54.8 cm³/mol. The van der Waals surface area contributed by atoms with Crippen LogP contribution in [0.4, 0.5) is 0 Å². The zero-order valence-corrected chi connectivity index (χ0v) is 9.23. The largest absolute Gasteiger partial charge is 0.381 e. The lowest BCUT2D eigenvalue weighted by molar-refractivity contribution is -0.146. The average molecular weight is 203 g/mol. The Bertz CT molecular complexity index is 200. The molecule has 0 saturated carbocycles. The standard InChI is InChI=1S/C9H17NO2S/c1-9(2,12)8(11)10-5-4-7(6-10)13-3/h7,12H,4-6H2,1-3H3. The van der Waals surface area contributed by atoms with Gasteiger partial charge in [-0.15, -0.1) is 0 Å². The number of rotatable bonds is 2. The summed E-state index contributed by atoms with van der Waals surface area (Å²) in [6, 6.07) is 0. The van der Waals surface area contributed by atoms with Crippen molar-refractivity contribution in [1.82, 2.24) is 4.90 Å². The predicted octanol–water partition coefficient (Wildman–Crippen LogP) is 0.721. The van der Waals surface area contributed by atoms with Crippen LogP contribution in [-0.2, 0) is 4.79 Å². The average Bonchev–Trinajstić information content (AvgIpc) is 2.48. The van der Waals surface area contributed by atoms with E-state index in [4.69, 9.17) is 0 Å². The summed E-state index contributed by atoms with van der Waals surface area (Å²) in [4.78, 5) is 13.3. The van der Waals surface area contributed by atoms with Crippen LogP contribution in [0.5, 0.6) is 0 Å². The number of carbonyl (C=O) groups excluding carboxylic acids is 1. The molecular weight excluding hydrogens is 186 g/mol. The summed E-state index contributed by atoms with van der Waals surface area (Å²) in [5.41, 5.74) is -1.21. The van der Waals surface area contributed by atoms with Crippen molar-refractivity contribution in [3.63, 3.8) is 0 Å². The van der Waals surface area contributed by atoms with Crippen LogP contribution < -0.4 is 0 Å². The number of thioether (sulfide) groups is 1. The second-order valence-electron chi connectivity index (χ2n) is 3.96. The lowest BCUT2D eigenvalue weighted by atomic mass is 10.1. The van der Waals surface area contributed by atoms with Gasteiger partial charge in [0.2, 0.25) is 0 Å². The molecule has 0 aromatic carbocycles. The maximum Gasteiger partial charge on any atom is 0.253 e. The highest BCUT2D eigenvalue weighted by atomic mass is 32.2. The number of likely N-dealkylation sites (tertiary alicyclic amines) is 1. The maximum absolute atomic E-state index is 11.6. The summed E-state index contributed by atoms with van der Waals surface area (Å²) in [7, 11) is 0. The number of nitrogens with zero attached hydrogens (tertiary/aromatic N) is 1. The van der Waals surface area contributed by atoms with Crippen LogP contribution in [0.3, 0.4) is 0 Å². The van der Waals surface area contributed by atoms with Crippen LogP contribution >= 0.6 is 11.8 Å². The fourth-order valence-electron chi connectivity index (χ4n) is 1.49. The van der Waals surface area contributed by atoms with Gasteiger partial charge in [0, 0.05) is 18.3 Å². The first-order valence-corrected chi connectivity index (χ1v) is 5.78. The molecule has 0 aromatic rings. The molecule has 1 amide bonds. The Balaban J connectivity index is 2.52. The quantitative estimate of drug-likeness (QED) is 0.719. The van der Waals surface area contributed by atoms with Gasteiger partial charge in [-0.25, -0.2) is 0 Å².